The van der Waals surface area contributed by atoms with Crippen LogP contribution in [0.15, 0.2) is 29.3 Å². The van der Waals surface area contributed by atoms with E-state index >= 15 is 0 Å². The number of nitrogens with zero attached hydrogens (tertiary/aromatic N) is 2. The van der Waals surface area contributed by atoms with E-state index in [1.165, 1.54) is 4.90 Å². The van der Waals surface area contributed by atoms with E-state index in [9.17, 15) is 13.2 Å². The number of aliphatic imine (C=N–C) groups is 1. The fourth-order valence-electron chi connectivity index (χ4n) is 2.37. The molecule has 0 radical (unpaired) electrons. The highest BCUT2D eigenvalue weighted by atomic mass is 127. The molecule has 1 fully saturated rings. The van der Waals surface area contributed by atoms with Gasteiger partial charge in [0.2, 0.25) is 0 Å². The van der Waals surface area contributed by atoms with E-state index in [0.717, 1.165) is 11.4 Å². The van der Waals surface area contributed by atoms with Crippen LogP contribution in [0.2, 0.25) is 0 Å². The summed E-state index contributed by atoms with van der Waals surface area (Å²) in [5, 5.41) is 2.91. The Balaban J connectivity index is 0.00000264. The van der Waals surface area contributed by atoms with E-state index in [1.807, 2.05) is 0 Å². The summed E-state index contributed by atoms with van der Waals surface area (Å²) in [5.41, 5.74) is 6.54. The second-order valence-corrected chi connectivity index (χ2v) is 5.16. The zero-order valence-corrected chi connectivity index (χ0v) is 15.0. The molecule has 0 amide bonds. The Bertz CT molecular complexity index is 522. The molecule has 1 aliphatic heterocycles. The Kier molecular flexibility index (Phi) is 7.39. The van der Waals surface area contributed by atoms with Crippen molar-refractivity contribution in [1.29, 1.82) is 0 Å². The molecule has 1 saturated heterocycles. The van der Waals surface area contributed by atoms with E-state index in [0.29, 0.717) is 13.0 Å². The van der Waals surface area contributed by atoms with Crippen LogP contribution in [0.1, 0.15) is 6.42 Å². The molecule has 5 nitrogen and oxygen atoms in total. The predicted molar refractivity (Wildman–Crippen MR) is 94.6 cm³/mol. The fraction of sp³-hybridized carbons (Fsp3) is 0.500. The van der Waals surface area contributed by atoms with Gasteiger partial charge in [0.05, 0.1) is 19.7 Å². The molecule has 0 aliphatic carbocycles. The molecule has 0 aromatic heterocycles. The van der Waals surface area contributed by atoms with Crippen molar-refractivity contribution in [2.45, 2.75) is 18.6 Å². The zero-order chi connectivity index (χ0) is 16.2. The number of hydrogen-bond donors (Lipinski definition) is 2. The molecule has 0 spiro atoms. The Morgan fingerprint density at radius 1 is 1.39 bits per heavy atom. The molecule has 130 valence electrons. The maximum atomic E-state index is 12.3. The molecule has 1 aromatic carbocycles. The van der Waals surface area contributed by atoms with Crippen molar-refractivity contribution in [3.63, 3.8) is 0 Å². The Hall–Kier alpha value is -1.23. The highest BCUT2D eigenvalue weighted by Crippen LogP contribution is 2.21. The summed E-state index contributed by atoms with van der Waals surface area (Å²) in [6.45, 7) is -0.251. The maximum absolute atomic E-state index is 12.3. The average Bonchev–Trinajstić information content (AvgIpc) is 2.84. The van der Waals surface area contributed by atoms with Crippen LogP contribution in [0.3, 0.4) is 0 Å². The average molecular weight is 444 g/mol. The van der Waals surface area contributed by atoms with Crippen molar-refractivity contribution < 1.29 is 17.9 Å². The van der Waals surface area contributed by atoms with Gasteiger partial charge in [-0.25, -0.2) is 4.99 Å². The van der Waals surface area contributed by atoms with Crippen molar-refractivity contribution in [2.24, 2.45) is 10.7 Å². The minimum absolute atomic E-state index is 0. The van der Waals surface area contributed by atoms with Gasteiger partial charge in [-0.1, -0.05) is 0 Å². The number of methoxy groups -OCH3 is 1. The van der Waals surface area contributed by atoms with Gasteiger partial charge in [-0.05, 0) is 30.7 Å². The Morgan fingerprint density at radius 3 is 2.61 bits per heavy atom. The number of hydrogen-bond acceptors (Lipinski definition) is 3. The first-order valence-corrected chi connectivity index (χ1v) is 6.89. The summed E-state index contributed by atoms with van der Waals surface area (Å²) < 4.78 is 42.0. The fourth-order valence-corrected chi connectivity index (χ4v) is 2.37. The lowest BCUT2D eigenvalue weighted by molar-refractivity contribution is -0.143. The van der Waals surface area contributed by atoms with E-state index in [2.05, 4.69) is 10.3 Å². The molecule has 23 heavy (non-hydrogen) atoms. The van der Waals surface area contributed by atoms with Gasteiger partial charge < -0.3 is 15.8 Å². The molecule has 1 aliphatic rings. The molecule has 0 bridgehead atoms. The topological polar surface area (TPSA) is 62.9 Å². The summed E-state index contributed by atoms with van der Waals surface area (Å²) in [6.07, 6.45) is -3.60. The quantitative estimate of drug-likeness (QED) is 0.426. The maximum Gasteiger partial charge on any atom is 0.401 e. The number of guanidine groups is 1. The standard InChI is InChI=1S/C14H19F3N4O.HI/c1-22-12-4-2-10(3-5-12)19-13(18)20-11-6-7-21(8-11)9-14(15,16)17;/h2-5,11H,6-9H2,1H3,(H3,18,19,20);1H. The van der Waals surface area contributed by atoms with E-state index in [-0.39, 0.29) is 42.5 Å². The number of nitrogens with two attached hydrogens (primary N) is 1. The molecule has 1 unspecified atom stereocenters. The number of benzene rings is 1. The summed E-state index contributed by atoms with van der Waals surface area (Å²) >= 11 is 0. The van der Waals surface area contributed by atoms with Gasteiger partial charge in [0.1, 0.15) is 5.75 Å². The smallest absolute Gasteiger partial charge is 0.401 e. The number of rotatable bonds is 4. The SMILES string of the molecule is COc1ccc(NC(N)=NC2CCN(CC(F)(F)F)C2)cc1.I. The molecule has 1 atom stereocenters. The number of nitrogens with one attached hydrogen (secondary N) is 1. The van der Waals surface area contributed by atoms with Crippen molar-refractivity contribution >= 4 is 35.6 Å². The molecular formula is C14H20F3IN4O. The molecule has 9 heteroatoms. The van der Waals surface area contributed by atoms with E-state index in [1.54, 1.807) is 31.4 Å². The van der Waals surface area contributed by atoms with Gasteiger partial charge in [-0.3, -0.25) is 4.90 Å². The largest absolute Gasteiger partial charge is 0.497 e. The summed E-state index contributed by atoms with van der Waals surface area (Å²) in [4.78, 5) is 5.58. The van der Waals surface area contributed by atoms with Crippen molar-refractivity contribution in [1.82, 2.24) is 4.90 Å². The van der Waals surface area contributed by atoms with Crippen LogP contribution in [0.25, 0.3) is 0 Å². The van der Waals surface area contributed by atoms with Gasteiger partial charge in [0.15, 0.2) is 5.96 Å². The van der Waals surface area contributed by atoms with Crippen LogP contribution >= 0.6 is 24.0 Å². The van der Waals surface area contributed by atoms with Crippen molar-refractivity contribution in [3.05, 3.63) is 24.3 Å². The summed E-state index contributed by atoms with van der Waals surface area (Å²) in [6, 6.07) is 6.90. The lowest BCUT2D eigenvalue weighted by atomic mass is 10.3. The molecule has 0 saturated carbocycles. The number of alkyl halides is 3. The monoisotopic (exact) mass is 444 g/mol. The lowest BCUT2D eigenvalue weighted by Gasteiger charge is -2.17. The highest BCUT2D eigenvalue weighted by molar-refractivity contribution is 14.0. The molecule has 3 N–H and O–H groups in total. The Labute approximate surface area is 150 Å². The van der Waals surface area contributed by atoms with E-state index in [4.69, 9.17) is 10.5 Å². The minimum atomic E-state index is -4.18. The van der Waals surface area contributed by atoms with Crippen LogP contribution in [0.4, 0.5) is 18.9 Å². The van der Waals surface area contributed by atoms with Gasteiger partial charge in [-0.15, -0.1) is 24.0 Å². The highest BCUT2D eigenvalue weighted by Gasteiger charge is 2.34. The van der Waals surface area contributed by atoms with Crippen molar-refractivity contribution in [3.8, 4) is 5.75 Å². The van der Waals surface area contributed by atoms with Gasteiger partial charge in [0, 0.05) is 18.8 Å². The van der Waals surface area contributed by atoms with Crippen LogP contribution in [0.5, 0.6) is 5.75 Å². The summed E-state index contributed by atoms with van der Waals surface area (Å²) in [7, 11) is 1.57. The lowest BCUT2D eigenvalue weighted by Crippen LogP contribution is -2.33. The molecular weight excluding hydrogens is 424 g/mol. The van der Waals surface area contributed by atoms with Gasteiger partial charge >= 0.3 is 6.18 Å². The van der Waals surface area contributed by atoms with Crippen LogP contribution in [-0.2, 0) is 0 Å². The number of ether oxygens (including phenoxy) is 1. The zero-order valence-electron chi connectivity index (χ0n) is 12.6. The molecule has 1 heterocycles. The third-order valence-corrected chi connectivity index (χ3v) is 3.33. The molecule has 1 aromatic rings. The first kappa shape index (κ1) is 19.8. The second kappa shape index (κ2) is 8.57. The Morgan fingerprint density at radius 2 is 2.04 bits per heavy atom. The third kappa shape index (κ3) is 6.81. The third-order valence-electron chi connectivity index (χ3n) is 3.33. The predicted octanol–water partition coefficient (Wildman–Crippen LogP) is 2.68. The first-order valence-electron chi connectivity index (χ1n) is 6.89. The summed E-state index contributed by atoms with van der Waals surface area (Å²) in [5.74, 6) is 0.920. The van der Waals surface area contributed by atoms with E-state index < -0.39 is 12.7 Å². The van der Waals surface area contributed by atoms with Crippen LogP contribution in [-0.4, -0.2) is 49.8 Å². The second-order valence-electron chi connectivity index (χ2n) is 5.16. The van der Waals surface area contributed by atoms with Crippen molar-refractivity contribution in [2.75, 3.05) is 32.1 Å². The first-order chi connectivity index (χ1) is 10.4. The van der Waals surface area contributed by atoms with Gasteiger partial charge in [-0.2, -0.15) is 13.2 Å². The van der Waals surface area contributed by atoms with Crippen LogP contribution in [0, 0.1) is 0 Å². The normalized spacial score (nSPS) is 19.3. The minimum Gasteiger partial charge on any atom is -0.497 e. The number of halogens is 4. The molecule has 2 rings (SSSR count). The number of likely N-dealkylation sites (tertiary alicyclic amines) is 1. The number of anilines is 1. The van der Waals surface area contributed by atoms with Gasteiger partial charge in [0.25, 0.3) is 0 Å². The van der Waals surface area contributed by atoms with Crippen LogP contribution < -0.4 is 15.8 Å².